The fraction of sp³-hybridized carbons (Fsp3) is 0.615. The van der Waals surface area contributed by atoms with Crippen molar-refractivity contribution in [3.8, 4) is 0 Å². The maximum Gasteiger partial charge on any atom is 0.228 e. The van der Waals surface area contributed by atoms with E-state index in [1.807, 2.05) is 6.92 Å². The Balaban J connectivity index is 1.89. The molecule has 2 aliphatic rings. The number of aryl methyl sites for hydroxylation is 1. The van der Waals surface area contributed by atoms with Crippen LogP contribution in [-0.4, -0.2) is 35.1 Å². The molecule has 18 heavy (non-hydrogen) atoms. The molecule has 0 aromatic carbocycles. The number of anilines is 1. The molecule has 96 valence electrons. The first-order valence-corrected chi connectivity index (χ1v) is 6.48. The predicted molar refractivity (Wildman–Crippen MR) is 66.4 cm³/mol. The minimum atomic E-state index is 0.149. The van der Waals surface area contributed by atoms with E-state index in [-0.39, 0.29) is 12.0 Å². The average Bonchev–Trinajstić information content (AvgIpc) is 2.86. The molecule has 1 saturated heterocycles. The lowest BCUT2D eigenvalue weighted by molar-refractivity contribution is -0.119. The third-order valence-electron chi connectivity index (χ3n) is 3.69. The minimum absolute atomic E-state index is 0.149. The van der Waals surface area contributed by atoms with Gasteiger partial charge < -0.3 is 4.74 Å². The van der Waals surface area contributed by atoms with Gasteiger partial charge in [0.1, 0.15) is 12.1 Å². The van der Waals surface area contributed by atoms with Crippen LogP contribution in [0.5, 0.6) is 0 Å². The van der Waals surface area contributed by atoms with Crippen molar-refractivity contribution in [2.24, 2.45) is 0 Å². The summed E-state index contributed by atoms with van der Waals surface area (Å²) in [6.45, 7) is 3.41. The SMILES string of the molecule is Cc1ncnc2c1CCC(=O)N2C[C@@H]1CCCO1. The predicted octanol–water partition coefficient (Wildman–Crippen LogP) is 1.24. The highest BCUT2D eigenvalue weighted by Gasteiger charge is 2.30. The molecule has 0 saturated carbocycles. The van der Waals surface area contributed by atoms with Crippen LogP contribution in [0.3, 0.4) is 0 Å². The van der Waals surface area contributed by atoms with E-state index in [1.165, 1.54) is 6.33 Å². The summed E-state index contributed by atoms with van der Waals surface area (Å²) >= 11 is 0. The number of carbonyl (C=O) groups excluding carboxylic acids is 1. The van der Waals surface area contributed by atoms with E-state index < -0.39 is 0 Å². The lowest BCUT2D eigenvalue weighted by Gasteiger charge is -2.30. The molecule has 3 rings (SSSR count). The first-order valence-electron chi connectivity index (χ1n) is 6.48. The van der Waals surface area contributed by atoms with Crippen LogP contribution in [0.2, 0.25) is 0 Å². The molecule has 5 heteroatoms. The summed E-state index contributed by atoms with van der Waals surface area (Å²) < 4.78 is 5.61. The summed E-state index contributed by atoms with van der Waals surface area (Å²) in [5.74, 6) is 0.936. The van der Waals surface area contributed by atoms with Crippen LogP contribution in [0, 0.1) is 6.92 Å². The third-order valence-corrected chi connectivity index (χ3v) is 3.69. The van der Waals surface area contributed by atoms with Crippen molar-refractivity contribution < 1.29 is 9.53 Å². The van der Waals surface area contributed by atoms with Gasteiger partial charge in [0.05, 0.1) is 12.6 Å². The fourth-order valence-electron chi connectivity index (χ4n) is 2.68. The van der Waals surface area contributed by atoms with Gasteiger partial charge in [0.15, 0.2) is 0 Å². The molecule has 1 aromatic rings. The molecule has 3 heterocycles. The molecular formula is C13H17N3O2. The van der Waals surface area contributed by atoms with Crippen LogP contribution in [0.15, 0.2) is 6.33 Å². The van der Waals surface area contributed by atoms with Crippen molar-refractivity contribution in [3.63, 3.8) is 0 Å². The monoisotopic (exact) mass is 247 g/mol. The van der Waals surface area contributed by atoms with Crippen molar-refractivity contribution >= 4 is 11.7 Å². The third kappa shape index (κ3) is 1.99. The summed E-state index contributed by atoms with van der Waals surface area (Å²) in [5, 5.41) is 0. The molecule has 1 amide bonds. The van der Waals surface area contributed by atoms with Gasteiger partial charge in [0.2, 0.25) is 5.91 Å². The van der Waals surface area contributed by atoms with Gasteiger partial charge in [-0.05, 0) is 26.2 Å². The van der Waals surface area contributed by atoms with E-state index in [0.717, 1.165) is 42.9 Å². The lowest BCUT2D eigenvalue weighted by atomic mass is 10.0. The van der Waals surface area contributed by atoms with E-state index >= 15 is 0 Å². The Kier molecular flexibility index (Phi) is 2.99. The number of hydrogen-bond donors (Lipinski definition) is 0. The second kappa shape index (κ2) is 4.65. The highest BCUT2D eigenvalue weighted by atomic mass is 16.5. The van der Waals surface area contributed by atoms with Crippen molar-refractivity contribution in [1.82, 2.24) is 9.97 Å². The van der Waals surface area contributed by atoms with Gasteiger partial charge in [0, 0.05) is 24.3 Å². The zero-order valence-electron chi connectivity index (χ0n) is 10.6. The van der Waals surface area contributed by atoms with E-state index in [9.17, 15) is 4.79 Å². The summed E-state index contributed by atoms with van der Waals surface area (Å²) in [5.41, 5.74) is 2.08. The maximum atomic E-state index is 12.1. The van der Waals surface area contributed by atoms with Gasteiger partial charge in [-0.15, -0.1) is 0 Å². The Morgan fingerprint density at radius 1 is 1.44 bits per heavy atom. The van der Waals surface area contributed by atoms with Crippen molar-refractivity contribution in [2.45, 2.75) is 38.7 Å². The van der Waals surface area contributed by atoms with Crippen LogP contribution in [0.25, 0.3) is 0 Å². The standard InChI is InChI=1S/C13H17N3O2/c1-9-11-4-5-12(17)16(13(11)15-8-14-9)7-10-3-2-6-18-10/h8,10H,2-7H2,1H3/t10-/m0/s1. The fourth-order valence-corrected chi connectivity index (χ4v) is 2.68. The van der Waals surface area contributed by atoms with Gasteiger partial charge in [-0.3, -0.25) is 9.69 Å². The molecule has 0 aliphatic carbocycles. The lowest BCUT2D eigenvalue weighted by Crippen LogP contribution is -2.41. The van der Waals surface area contributed by atoms with Gasteiger partial charge in [-0.25, -0.2) is 9.97 Å². The van der Waals surface area contributed by atoms with Crippen LogP contribution in [0.4, 0.5) is 5.82 Å². The highest BCUT2D eigenvalue weighted by Crippen LogP contribution is 2.28. The number of aromatic nitrogens is 2. The molecule has 0 N–H and O–H groups in total. The topological polar surface area (TPSA) is 55.3 Å². The van der Waals surface area contributed by atoms with Crippen LogP contribution >= 0.6 is 0 Å². The van der Waals surface area contributed by atoms with E-state index in [4.69, 9.17) is 4.74 Å². The molecule has 1 fully saturated rings. The summed E-state index contributed by atoms with van der Waals surface area (Å²) in [6, 6.07) is 0. The number of rotatable bonds is 2. The molecule has 0 spiro atoms. The quantitative estimate of drug-likeness (QED) is 0.789. The largest absolute Gasteiger partial charge is 0.376 e. The number of carbonyl (C=O) groups is 1. The molecular weight excluding hydrogens is 230 g/mol. The molecule has 1 aromatic heterocycles. The van der Waals surface area contributed by atoms with Gasteiger partial charge in [0.25, 0.3) is 0 Å². The van der Waals surface area contributed by atoms with Gasteiger partial charge in [-0.1, -0.05) is 0 Å². The van der Waals surface area contributed by atoms with Gasteiger partial charge >= 0.3 is 0 Å². The summed E-state index contributed by atoms with van der Waals surface area (Å²) in [6.07, 6.45) is 5.12. The Hall–Kier alpha value is -1.49. The second-order valence-corrected chi connectivity index (χ2v) is 4.90. The molecule has 1 atom stereocenters. The molecule has 0 radical (unpaired) electrons. The van der Waals surface area contributed by atoms with Crippen LogP contribution < -0.4 is 4.90 Å². The smallest absolute Gasteiger partial charge is 0.228 e. The number of nitrogens with zero attached hydrogens (tertiary/aromatic N) is 3. The molecule has 5 nitrogen and oxygen atoms in total. The minimum Gasteiger partial charge on any atom is -0.376 e. The maximum absolute atomic E-state index is 12.1. The number of hydrogen-bond acceptors (Lipinski definition) is 4. The van der Waals surface area contributed by atoms with E-state index in [0.29, 0.717) is 13.0 Å². The summed E-state index contributed by atoms with van der Waals surface area (Å²) in [4.78, 5) is 22.3. The van der Waals surface area contributed by atoms with Crippen molar-refractivity contribution in [3.05, 3.63) is 17.6 Å². The van der Waals surface area contributed by atoms with Crippen molar-refractivity contribution in [2.75, 3.05) is 18.1 Å². The second-order valence-electron chi connectivity index (χ2n) is 4.90. The average molecular weight is 247 g/mol. The Morgan fingerprint density at radius 3 is 3.11 bits per heavy atom. The van der Waals surface area contributed by atoms with Crippen LogP contribution in [0.1, 0.15) is 30.5 Å². The van der Waals surface area contributed by atoms with Crippen LogP contribution in [-0.2, 0) is 16.0 Å². The Bertz CT molecular complexity index is 469. The number of fused-ring (bicyclic) bond motifs is 1. The Labute approximate surface area is 106 Å². The van der Waals surface area contributed by atoms with Gasteiger partial charge in [-0.2, -0.15) is 0 Å². The Morgan fingerprint density at radius 2 is 2.33 bits per heavy atom. The summed E-state index contributed by atoms with van der Waals surface area (Å²) in [7, 11) is 0. The number of ether oxygens (including phenoxy) is 1. The first-order chi connectivity index (χ1) is 8.75. The zero-order valence-corrected chi connectivity index (χ0v) is 10.6. The zero-order chi connectivity index (χ0) is 12.5. The first kappa shape index (κ1) is 11.6. The molecule has 0 unspecified atom stereocenters. The number of amides is 1. The van der Waals surface area contributed by atoms with Crippen molar-refractivity contribution in [1.29, 1.82) is 0 Å². The van der Waals surface area contributed by atoms with E-state index in [2.05, 4.69) is 9.97 Å². The molecule has 2 aliphatic heterocycles. The highest BCUT2D eigenvalue weighted by molar-refractivity contribution is 5.95. The normalized spacial score (nSPS) is 23.3. The van der Waals surface area contributed by atoms with E-state index in [1.54, 1.807) is 4.90 Å². The molecule has 0 bridgehead atoms.